The molecule has 4 rings (SSSR count). The Labute approximate surface area is 173 Å². The predicted octanol–water partition coefficient (Wildman–Crippen LogP) is 2.99. The highest BCUT2D eigenvalue weighted by molar-refractivity contribution is 5.87. The van der Waals surface area contributed by atoms with Gasteiger partial charge in [-0.25, -0.2) is 9.97 Å². The van der Waals surface area contributed by atoms with Crippen LogP contribution in [0.15, 0.2) is 18.6 Å². The van der Waals surface area contributed by atoms with Crippen LogP contribution in [0.3, 0.4) is 0 Å². The molecule has 7 nitrogen and oxygen atoms in total. The van der Waals surface area contributed by atoms with E-state index in [0.29, 0.717) is 12.6 Å². The van der Waals surface area contributed by atoms with Crippen LogP contribution in [-0.2, 0) is 0 Å². The number of H-pyrrole nitrogens is 1. The number of aliphatic hydroxyl groups excluding tert-OH is 2. The molecule has 2 aromatic heterocycles. The Morgan fingerprint density at radius 2 is 1.72 bits per heavy atom. The van der Waals surface area contributed by atoms with E-state index in [1.165, 1.54) is 51.4 Å². The number of aromatic nitrogens is 3. The fourth-order valence-corrected chi connectivity index (χ4v) is 4.52. The summed E-state index contributed by atoms with van der Waals surface area (Å²) in [7, 11) is 0. The lowest BCUT2D eigenvalue weighted by Crippen LogP contribution is -2.35. The molecule has 0 unspecified atom stereocenters. The van der Waals surface area contributed by atoms with Gasteiger partial charge >= 0.3 is 0 Å². The van der Waals surface area contributed by atoms with E-state index >= 15 is 0 Å². The molecule has 2 aliphatic rings. The first-order valence-electron chi connectivity index (χ1n) is 11.3. The maximum atomic E-state index is 9.11. The SMILES string of the molecule is OCCCN(c1ncnc2[nH]ccc12)C1CCCC1.OCCCNC1CCCC1. The van der Waals surface area contributed by atoms with E-state index in [9.17, 15) is 0 Å². The number of hydrogen-bond acceptors (Lipinski definition) is 6. The van der Waals surface area contributed by atoms with Gasteiger partial charge in [-0.15, -0.1) is 0 Å². The smallest absolute Gasteiger partial charge is 0.142 e. The Balaban J connectivity index is 0.000000204. The summed E-state index contributed by atoms with van der Waals surface area (Å²) in [6.07, 6.45) is 15.7. The maximum absolute atomic E-state index is 9.11. The lowest BCUT2D eigenvalue weighted by molar-refractivity contribution is 0.283. The average molecular weight is 404 g/mol. The summed E-state index contributed by atoms with van der Waals surface area (Å²) >= 11 is 0. The van der Waals surface area contributed by atoms with E-state index in [1.54, 1.807) is 6.33 Å². The number of fused-ring (bicyclic) bond motifs is 1. The lowest BCUT2D eigenvalue weighted by Gasteiger charge is -2.30. The van der Waals surface area contributed by atoms with Gasteiger partial charge in [0.1, 0.15) is 17.8 Å². The summed E-state index contributed by atoms with van der Waals surface area (Å²) in [4.78, 5) is 14.2. The highest BCUT2D eigenvalue weighted by Crippen LogP contribution is 2.30. The zero-order chi connectivity index (χ0) is 20.3. The molecular formula is C22H37N5O2. The summed E-state index contributed by atoms with van der Waals surface area (Å²) < 4.78 is 0. The minimum absolute atomic E-state index is 0.227. The zero-order valence-electron chi connectivity index (χ0n) is 17.5. The van der Waals surface area contributed by atoms with Gasteiger partial charge in [-0.2, -0.15) is 0 Å². The van der Waals surface area contributed by atoms with Crippen LogP contribution in [0.4, 0.5) is 5.82 Å². The van der Waals surface area contributed by atoms with Gasteiger partial charge in [-0.05, 0) is 51.1 Å². The standard InChI is InChI=1S/C14H20N4O.C8H17NO/c19-9-3-8-18(11-4-1-2-5-11)14-12-6-7-15-13(12)16-10-17-14;10-7-3-6-9-8-4-1-2-5-8/h6-7,10-11,19H,1-5,8-9H2,(H,15,16,17);8-10H,1-7H2. The molecule has 2 fully saturated rings. The molecule has 0 aromatic carbocycles. The molecule has 0 saturated heterocycles. The molecule has 29 heavy (non-hydrogen) atoms. The van der Waals surface area contributed by atoms with E-state index in [1.807, 2.05) is 12.3 Å². The van der Waals surface area contributed by atoms with E-state index in [2.05, 4.69) is 25.2 Å². The Kier molecular flexibility index (Phi) is 9.18. The molecule has 4 N–H and O–H groups in total. The maximum Gasteiger partial charge on any atom is 0.142 e. The monoisotopic (exact) mass is 403 g/mol. The topological polar surface area (TPSA) is 97.3 Å². The third-order valence-corrected chi connectivity index (χ3v) is 6.05. The first-order valence-corrected chi connectivity index (χ1v) is 11.3. The van der Waals surface area contributed by atoms with Crippen molar-refractivity contribution in [2.45, 2.75) is 76.3 Å². The Morgan fingerprint density at radius 1 is 1.00 bits per heavy atom. The van der Waals surface area contributed by atoms with Gasteiger partial charge in [0.05, 0.1) is 5.39 Å². The van der Waals surface area contributed by atoms with Gasteiger partial charge in [-0.1, -0.05) is 25.7 Å². The minimum Gasteiger partial charge on any atom is -0.396 e. The van der Waals surface area contributed by atoms with Crippen LogP contribution in [0.2, 0.25) is 0 Å². The molecule has 162 valence electrons. The summed E-state index contributed by atoms with van der Waals surface area (Å²) in [6.45, 7) is 2.39. The molecule has 2 aromatic rings. The predicted molar refractivity (Wildman–Crippen MR) is 117 cm³/mol. The average Bonchev–Trinajstić information content (AvgIpc) is 3.51. The second kappa shape index (κ2) is 12.1. The first-order chi connectivity index (χ1) is 14.3. The van der Waals surface area contributed by atoms with Crippen molar-refractivity contribution in [2.24, 2.45) is 0 Å². The van der Waals surface area contributed by atoms with Crippen LogP contribution in [0.25, 0.3) is 11.0 Å². The van der Waals surface area contributed by atoms with E-state index in [4.69, 9.17) is 10.2 Å². The van der Waals surface area contributed by atoms with Crippen molar-refractivity contribution in [3.05, 3.63) is 18.6 Å². The number of aliphatic hydroxyl groups is 2. The van der Waals surface area contributed by atoms with Crippen molar-refractivity contribution in [3.8, 4) is 0 Å². The van der Waals surface area contributed by atoms with E-state index in [-0.39, 0.29) is 6.61 Å². The van der Waals surface area contributed by atoms with Gasteiger partial charge < -0.3 is 25.4 Å². The van der Waals surface area contributed by atoms with Crippen molar-refractivity contribution < 1.29 is 10.2 Å². The number of anilines is 1. The molecule has 0 spiro atoms. The number of rotatable bonds is 9. The Hall–Kier alpha value is -1.70. The molecule has 0 atom stereocenters. The summed E-state index contributed by atoms with van der Waals surface area (Å²) in [5.74, 6) is 1.01. The van der Waals surface area contributed by atoms with Crippen LogP contribution in [-0.4, -0.2) is 63.6 Å². The largest absolute Gasteiger partial charge is 0.396 e. The number of nitrogens with one attached hydrogen (secondary N) is 2. The molecule has 0 radical (unpaired) electrons. The van der Waals surface area contributed by atoms with Gasteiger partial charge in [0.15, 0.2) is 0 Å². The van der Waals surface area contributed by atoms with E-state index in [0.717, 1.165) is 48.8 Å². The molecule has 7 heteroatoms. The first kappa shape index (κ1) is 22.0. The normalized spacial score (nSPS) is 17.6. The lowest BCUT2D eigenvalue weighted by atomic mass is 10.2. The minimum atomic E-state index is 0.227. The van der Waals surface area contributed by atoms with Crippen molar-refractivity contribution in [2.75, 3.05) is 31.2 Å². The number of hydrogen-bond donors (Lipinski definition) is 4. The van der Waals surface area contributed by atoms with Crippen LogP contribution < -0.4 is 10.2 Å². The molecule has 2 aliphatic carbocycles. The van der Waals surface area contributed by atoms with Crippen molar-refractivity contribution in [3.63, 3.8) is 0 Å². The van der Waals surface area contributed by atoms with Gasteiger partial charge in [0.25, 0.3) is 0 Å². The van der Waals surface area contributed by atoms with Gasteiger partial charge in [-0.3, -0.25) is 0 Å². The van der Waals surface area contributed by atoms with Gasteiger partial charge in [0.2, 0.25) is 0 Å². The fourth-order valence-electron chi connectivity index (χ4n) is 4.52. The molecule has 0 amide bonds. The number of nitrogens with zero attached hydrogens (tertiary/aromatic N) is 3. The summed E-state index contributed by atoms with van der Waals surface area (Å²) in [5.41, 5.74) is 0.886. The van der Waals surface area contributed by atoms with Gasteiger partial charge in [0, 0.05) is 38.0 Å². The Bertz CT molecular complexity index is 695. The molecule has 2 saturated carbocycles. The Morgan fingerprint density at radius 3 is 2.45 bits per heavy atom. The zero-order valence-corrected chi connectivity index (χ0v) is 17.5. The molecule has 0 bridgehead atoms. The summed E-state index contributed by atoms with van der Waals surface area (Å²) in [5, 5.41) is 22.1. The number of aromatic amines is 1. The van der Waals surface area contributed by atoms with Crippen molar-refractivity contribution in [1.82, 2.24) is 20.3 Å². The second-order valence-corrected chi connectivity index (χ2v) is 8.16. The highest BCUT2D eigenvalue weighted by Gasteiger charge is 2.25. The third kappa shape index (κ3) is 6.39. The van der Waals surface area contributed by atoms with E-state index < -0.39 is 0 Å². The highest BCUT2D eigenvalue weighted by atomic mass is 16.3. The molecular weight excluding hydrogens is 366 g/mol. The fraction of sp³-hybridized carbons (Fsp3) is 0.727. The molecule has 2 heterocycles. The van der Waals surface area contributed by atoms with Crippen LogP contribution in [0, 0.1) is 0 Å². The third-order valence-electron chi connectivity index (χ3n) is 6.05. The second-order valence-electron chi connectivity index (χ2n) is 8.16. The van der Waals surface area contributed by atoms with Crippen LogP contribution in [0.1, 0.15) is 64.2 Å². The van der Waals surface area contributed by atoms with Crippen molar-refractivity contribution >= 4 is 16.9 Å². The van der Waals surface area contributed by atoms with Crippen molar-refractivity contribution in [1.29, 1.82) is 0 Å². The quantitative estimate of drug-likeness (QED) is 0.481. The summed E-state index contributed by atoms with van der Waals surface area (Å²) in [6, 6.07) is 3.34. The van der Waals surface area contributed by atoms with Crippen LogP contribution in [0.5, 0.6) is 0 Å². The van der Waals surface area contributed by atoms with Crippen LogP contribution >= 0.6 is 0 Å². The molecule has 0 aliphatic heterocycles.